The highest BCUT2D eigenvalue weighted by Crippen LogP contribution is 1.72. The van der Waals surface area contributed by atoms with E-state index in [1.54, 1.807) is 0 Å². The van der Waals surface area contributed by atoms with Crippen LogP contribution in [0.1, 0.15) is 13.3 Å². The highest BCUT2D eigenvalue weighted by molar-refractivity contribution is 4.97. The molecule has 0 aliphatic rings. The van der Waals surface area contributed by atoms with E-state index in [1.807, 2.05) is 14.0 Å². The van der Waals surface area contributed by atoms with E-state index in [4.69, 9.17) is 4.74 Å². The van der Waals surface area contributed by atoms with E-state index < -0.39 is 0 Å². The monoisotopic (exact) mass is 141 g/mol. The van der Waals surface area contributed by atoms with Gasteiger partial charge in [0.25, 0.3) is 0 Å². The van der Waals surface area contributed by atoms with Crippen LogP contribution >= 0.6 is 0 Å². The van der Waals surface area contributed by atoms with E-state index in [-0.39, 0.29) is 0 Å². The molecule has 0 aliphatic carbocycles. The van der Waals surface area contributed by atoms with Crippen LogP contribution in [-0.4, -0.2) is 26.8 Å². The Bertz CT molecular complexity index is 112. The summed E-state index contributed by atoms with van der Waals surface area (Å²) in [5, 5.41) is 2.99. The van der Waals surface area contributed by atoms with Gasteiger partial charge in [0.15, 0.2) is 0 Å². The molecule has 0 rings (SSSR count). The molecule has 0 unspecified atom stereocenters. The fourth-order valence-electron chi connectivity index (χ4n) is 0.473. The van der Waals surface area contributed by atoms with Crippen LogP contribution in [0, 0.1) is 11.8 Å². The zero-order valence-electron chi connectivity index (χ0n) is 6.74. The molecular formula is C8H15NO. The van der Waals surface area contributed by atoms with Gasteiger partial charge in [0, 0.05) is 13.0 Å². The first-order valence-corrected chi connectivity index (χ1v) is 3.60. The van der Waals surface area contributed by atoms with Crippen molar-refractivity contribution in [2.75, 3.05) is 26.8 Å². The lowest BCUT2D eigenvalue weighted by molar-refractivity contribution is 0.170. The molecular weight excluding hydrogens is 126 g/mol. The highest BCUT2D eigenvalue weighted by Gasteiger charge is 1.79. The summed E-state index contributed by atoms with van der Waals surface area (Å²) < 4.78 is 5.14. The average Bonchev–Trinajstić information content (AvgIpc) is 1.97. The molecule has 2 nitrogen and oxygen atoms in total. The van der Waals surface area contributed by atoms with Crippen LogP contribution in [0.3, 0.4) is 0 Å². The van der Waals surface area contributed by atoms with E-state index >= 15 is 0 Å². The molecule has 10 heavy (non-hydrogen) atoms. The number of hydrogen-bond acceptors (Lipinski definition) is 2. The Morgan fingerprint density at radius 3 is 2.80 bits per heavy atom. The summed E-state index contributed by atoms with van der Waals surface area (Å²) in [5.74, 6) is 5.82. The largest absolute Gasteiger partial charge is 0.367 e. The van der Waals surface area contributed by atoms with E-state index in [0.717, 1.165) is 19.6 Å². The fourth-order valence-corrected chi connectivity index (χ4v) is 0.473. The quantitative estimate of drug-likeness (QED) is 0.458. The Kier molecular flexibility index (Phi) is 8.04. The standard InChI is InChI=1S/C8H15NO/c1-3-4-5-7-10-8-6-9-2/h9H,3,6-8H2,1-2H3. The Balaban J connectivity index is 2.90. The number of likely N-dealkylation sites (N-methyl/N-ethyl adjacent to an activating group) is 1. The normalized spacial score (nSPS) is 8.60. The van der Waals surface area contributed by atoms with Gasteiger partial charge in [-0.3, -0.25) is 0 Å². The highest BCUT2D eigenvalue weighted by atomic mass is 16.5. The first kappa shape index (κ1) is 9.48. The summed E-state index contributed by atoms with van der Waals surface area (Å²) in [6.07, 6.45) is 0.912. The fraction of sp³-hybridized carbons (Fsp3) is 0.750. The summed E-state index contributed by atoms with van der Waals surface area (Å²) in [6.45, 7) is 4.23. The predicted molar refractivity (Wildman–Crippen MR) is 42.8 cm³/mol. The maximum atomic E-state index is 5.14. The smallest absolute Gasteiger partial charge is 0.107 e. The molecule has 0 aromatic rings. The van der Waals surface area contributed by atoms with Gasteiger partial charge < -0.3 is 10.1 Å². The van der Waals surface area contributed by atoms with Gasteiger partial charge in [-0.15, -0.1) is 5.92 Å². The third-order valence-corrected chi connectivity index (χ3v) is 0.972. The second kappa shape index (κ2) is 8.48. The van der Waals surface area contributed by atoms with E-state index in [9.17, 15) is 0 Å². The molecule has 2 heteroatoms. The van der Waals surface area contributed by atoms with Gasteiger partial charge in [0.1, 0.15) is 6.61 Å². The third-order valence-electron chi connectivity index (χ3n) is 0.972. The van der Waals surface area contributed by atoms with Crippen LogP contribution in [0.25, 0.3) is 0 Å². The minimum absolute atomic E-state index is 0.565. The Morgan fingerprint density at radius 2 is 2.20 bits per heavy atom. The van der Waals surface area contributed by atoms with E-state index in [2.05, 4.69) is 17.2 Å². The Labute approximate surface area is 63.0 Å². The molecule has 58 valence electrons. The van der Waals surface area contributed by atoms with Crippen molar-refractivity contribution in [1.82, 2.24) is 5.32 Å². The van der Waals surface area contributed by atoms with Gasteiger partial charge in [0.05, 0.1) is 6.61 Å². The maximum Gasteiger partial charge on any atom is 0.107 e. The molecule has 0 spiro atoms. The van der Waals surface area contributed by atoms with Crippen LogP contribution in [0.2, 0.25) is 0 Å². The number of hydrogen-bond donors (Lipinski definition) is 1. The molecule has 0 bridgehead atoms. The molecule has 0 heterocycles. The van der Waals surface area contributed by atoms with Crippen LogP contribution < -0.4 is 5.32 Å². The summed E-state index contributed by atoms with van der Waals surface area (Å²) >= 11 is 0. The lowest BCUT2D eigenvalue weighted by Crippen LogP contribution is -2.14. The minimum Gasteiger partial charge on any atom is -0.367 e. The van der Waals surface area contributed by atoms with E-state index in [0.29, 0.717) is 6.61 Å². The van der Waals surface area contributed by atoms with Gasteiger partial charge in [-0.05, 0) is 7.05 Å². The summed E-state index contributed by atoms with van der Waals surface area (Å²) in [6, 6.07) is 0. The zero-order valence-corrected chi connectivity index (χ0v) is 6.74. The molecule has 0 amide bonds. The molecule has 0 aliphatic heterocycles. The number of ether oxygens (including phenoxy) is 1. The van der Waals surface area contributed by atoms with Crippen molar-refractivity contribution in [2.24, 2.45) is 0 Å². The lowest BCUT2D eigenvalue weighted by atomic mass is 10.5. The zero-order chi connectivity index (χ0) is 7.66. The van der Waals surface area contributed by atoms with Crippen molar-refractivity contribution in [3.05, 3.63) is 0 Å². The maximum absolute atomic E-state index is 5.14. The second-order valence-corrected chi connectivity index (χ2v) is 1.86. The third kappa shape index (κ3) is 7.48. The van der Waals surface area contributed by atoms with Crippen LogP contribution in [0.4, 0.5) is 0 Å². The van der Waals surface area contributed by atoms with Crippen LogP contribution in [0.15, 0.2) is 0 Å². The Hall–Kier alpha value is -0.520. The number of nitrogens with one attached hydrogen (secondary N) is 1. The minimum atomic E-state index is 0.565. The van der Waals surface area contributed by atoms with Crippen molar-refractivity contribution < 1.29 is 4.74 Å². The molecule has 0 aromatic carbocycles. The topological polar surface area (TPSA) is 21.3 Å². The molecule has 0 radical (unpaired) electrons. The summed E-state index contributed by atoms with van der Waals surface area (Å²) in [5.41, 5.74) is 0. The first-order valence-electron chi connectivity index (χ1n) is 3.60. The predicted octanol–water partition coefficient (Wildman–Crippen LogP) is 0.636. The van der Waals surface area contributed by atoms with Crippen molar-refractivity contribution in [3.8, 4) is 11.8 Å². The van der Waals surface area contributed by atoms with Gasteiger partial charge in [-0.1, -0.05) is 12.8 Å². The summed E-state index contributed by atoms with van der Waals surface area (Å²) in [4.78, 5) is 0. The average molecular weight is 141 g/mol. The lowest BCUT2D eigenvalue weighted by Gasteiger charge is -1.96. The molecule has 0 saturated heterocycles. The second-order valence-electron chi connectivity index (χ2n) is 1.86. The van der Waals surface area contributed by atoms with Crippen LogP contribution in [-0.2, 0) is 4.74 Å². The van der Waals surface area contributed by atoms with Gasteiger partial charge >= 0.3 is 0 Å². The van der Waals surface area contributed by atoms with Gasteiger partial charge in [-0.25, -0.2) is 0 Å². The Morgan fingerprint density at radius 1 is 1.40 bits per heavy atom. The van der Waals surface area contributed by atoms with Crippen molar-refractivity contribution in [2.45, 2.75) is 13.3 Å². The van der Waals surface area contributed by atoms with Gasteiger partial charge in [0.2, 0.25) is 0 Å². The summed E-state index contributed by atoms with van der Waals surface area (Å²) in [7, 11) is 1.90. The molecule has 0 fully saturated rings. The van der Waals surface area contributed by atoms with E-state index in [1.165, 1.54) is 0 Å². The van der Waals surface area contributed by atoms with Gasteiger partial charge in [-0.2, -0.15) is 0 Å². The van der Waals surface area contributed by atoms with Crippen molar-refractivity contribution in [3.63, 3.8) is 0 Å². The van der Waals surface area contributed by atoms with Crippen molar-refractivity contribution in [1.29, 1.82) is 0 Å². The van der Waals surface area contributed by atoms with Crippen LogP contribution in [0.5, 0.6) is 0 Å². The molecule has 0 atom stereocenters. The molecule has 1 N–H and O–H groups in total. The van der Waals surface area contributed by atoms with Crippen molar-refractivity contribution >= 4 is 0 Å². The number of rotatable bonds is 4. The SMILES string of the molecule is CCC#CCOCCNC. The molecule has 0 saturated carbocycles. The molecule has 0 aromatic heterocycles. The first-order chi connectivity index (χ1) is 4.91.